The summed E-state index contributed by atoms with van der Waals surface area (Å²) in [5.74, 6) is -0.815. The Morgan fingerprint density at radius 2 is 2.12 bits per heavy atom. The molecule has 2 rings (SSSR count). The standard InChI is InChI=1S/C12H10O5/c1-7(13)6-16-9-2-3-10-8(4-9)5-11(17-10)12(14)15/h2-5H,6H2,1H3,(H,14,15). The van der Waals surface area contributed by atoms with Crippen molar-refractivity contribution in [1.82, 2.24) is 0 Å². The number of aromatic carboxylic acids is 1. The highest BCUT2D eigenvalue weighted by molar-refractivity contribution is 5.91. The molecule has 0 saturated heterocycles. The van der Waals surface area contributed by atoms with E-state index >= 15 is 0 Å². The van der Waals surface area contributed by atoms with Gasteiger partial charge in [0.25, 0.3) is 0 Å². The van der Waals surface area contributed by atoms with Crippen LogP contribution in [0, 0.1) is 0 Å². The molecule has 5 nitrogen and oxygen atoms in total. The smallest absolute Gasteiger partial charge is 0.371 e. The molecule has 0 aliphatic carbocycles. The average molecular weight is 234 g/mol. The van der Waals surface area contributed by atoms with Crippen LogP contribution in [-0.4, -0.2) is 23.5 Å². The minimum absolute atomic E-state index is 0.00482. The molecule has 1 aromatic heterocycles. The van der Waals surface area contributed by atoms with Crippen LogP contribution in [0.5, 0.6) is 5.75 Å². The average Bonchev–Trinajstić information content (AvgIpc) is 2.69. The van der Waals surface area contributed by atoms with Gasteiger partial charge in [-0.1, -0.05) is 0 Å². The Hall–Kier alpha value is -2.30. The number of ketones is 1. The Labute approximate surface area is 96.6 Å². The number of carboxylic acid groups (broad SMARTS) is 1. The number of ether oxygens (including phenoxy) is 1. The first-order valence-electron chi connectivity index (χ1n) is 4.95. The van der Waals surface area contributed by atoms with Gasteiger partial charge in [-0.3, -0.25) is 4.79 Å². The molecule has 1 aromatic carbocycles. The molecule has 0 aliphatic heterocycles. The topological polar surface area (TPSA) is 76.7 Å². The number of carbonyl (C=O) groups excluding carboxylic acids is 1. The first-order valence-corrected chi connectivity index (χ1v) is 4.95. The third-order valence-electron chi connectivity index (χ3n) is 2.14. The molecule has 2 aromatic rings. The molecule has 5 heteroatoms. The molecule has 0 radical (unpaired) electrons. The molecule has 0 fully saturated rings. The Morgan fingerprint density at radius 1 is 1.35 bits per heavy atom. The molecule has 0 atom stereocenters. The van der Waals surface area contributed by atoms with Crippen LogP contribution in [0.1, 0.15) is 17.5 Å². The number of benzene rings is 1. The molecule has 0 bridgehead atoms. The van der Waals surface area contributed by atoms with Crippen molar-refractivity contribution in [2.24, 2.45) is 0 Å². The van der Waals surface area contributed by atoms with Crippen LogP contribution in [0.15, 0.2) is 28.7 Å². The molecule has 1 heterocycles. The van der Waals surface area contributed by atoms with Crippen molar-refractivity contribution in [3.05, 3.63) is 30.0 Å². The van der Waals surface area contributed by atoms with E-state index in [0.717, 1.165) is 0 Å². The van der Waals surface area contributed by atoms with Gasteiger partial charge in [-0.15, -0.1) is 0 Å². The lowest BCUT2D eigenvalue weighted by Crippen LogP contribution is -2.06. The number of carbonyl (C=O) groups is 2. The third-order valence-corrected chi connectivity index (χ3v) is 2.14. The van der Waals surface area contributed by atoms with Crippen LogP contribution >= 0.6 is 0 Å². The fourth-order valence-electron chi connectivity index (χ4n) is 1.40. The Morgan fingerprint density at radius 3 is 2.76 bits per heavy atom. The lowest BCUT2D eigenvalue weighted by Gasteiger charge is -2.02. The van der Waals surface area contributed by atoms with Crippen molar-refractivity contribution in [3.8, 4) is 5.75 Å². The molecule has 0 aliphatic rings. The molecule has 0 unspecified atom stereocenters. The third kappa shape index (κ3) is 2.44. The van der Waals surface area contributed by atoms with Gasteiger partial charge < -0.3 is 14.3 Å². The molecule has 0 amide bonds. The van der Waals surface area contributed by atoms with Gasteiger partial charge in [0.1, 0.15) is 17.9 Å². The van der Waals surface area contributed by atoms with Crippen LogP contribution in [0.25, 0.3) is 11.0 Å². The predicted octanol–water partition coefficient (Wildman–Crippen LogP) is 2.10. The Kier molecular flexibility index (Phi) is 2.82. The number of furan rings is 1. The van der Waals surface area contributed by atoms with Gasteiger partial charge in [0, 0.05) is 5.39 Å². The van der Waals surface area contributed by atoms with Gasteiger partial charge in [-0.25, -0.2) is 4.79 Å². The predicted molar refractivity (Wildman–Crippen MR) is 59.3 cm³/mol. The van der Waals surface area contributed by atoms with Gasteiger partial charge in [-0.05, 0) is 31.2 Å². The van der Waals surface area contributed by atoms with Crippen LogP contribution in [0.3, 0.4) is 0 Å². The van der Waals surface area contributed by atoms with E-state index in [0.29, 0.717) is 16.7 Å². The summed E-state index contributed by atoms with van der Waals surface area (Å²) in [6.45, 7) is 1.42. The first kappa shape index (κ1) is 11.2. The number of Topliss-reactive ketones (excluding diaryl/α,β-unsaturated/α-hetero) is 1. The zero-order chi connectivity index (χ0) is 12.4. The molecule has 0 saturated carbocycles. The second-order valence-corrected chi connectivity index (χ2v) is 3.61. The fourth-order valence-corrected chi connectivity index (χ4v) is 1.40. The maximum absolute atomic E-state index is 10.8. The van der Waals surface area contributed by atoms with Gasteiger partial charge in [0.05, 0.1) is 0 Å². The van der Waals surface area contributed by atoms with Crippen LogP contribution < -0.4 is 4.74 Å². The van der Waals surface area contributed by atoms with E-state index in [9.17, 15) is 9.59 Å². The number of hydrogen-bond donors (Lipinski definition) is 1. The summed E-state index contributed by atoms with van der Waals surface area (Å²) in [6, 6.07) is 6.28. The van der Waals surface area contributed by atoms with E-state index in [2.05, 4.69) is 0 Å². The molecular formula is C12H10O5. The van der Waals surface area contributed by atoms with Crippen molar-refractivity contribution >= 4 is 22.7 Å². The van der Waals surface area contributed by atoms with Crippen molar-refractivity contribution in [3.63, 3.8) is 0 Å². The summed E-state index contributed by atoms with van der Waals surface area (Å²) in [5.41, 5.74) is 0.470. The first-order chi connectivity index (χ1) is 8.06. The van der Waals surface area contributed by atoms with Gasteiger partial charge in [-0.2, -0.15) is 0 Å². The van der Waals surface area contributed by atoms with E-state index in [-0.39, 0.29) is 18.2 Å². The van der Waals surface area contributed by atoms with E-state index < -0.39 is 5.97 Å². The van der Waals surface area contributed by atoms with E-state index in [1.54, 1.807) is 18.2 Å². The summed E-state index contributed by atoms with van der Waals surface area (Å²) in [7, 11) is 0. The Bertz CT molecular complexity index is 582. The van der Waals surface area contributed by atoms with Gasteiger partial charge in [0.15, 0.2) is 5.78 Å². The summed E-state index contributed by atoms with van der Waals surface area (Å²) in [4.78, 5) is 21.5. The highest BCUT2D eigenvalue weighted by Gasteiger charge is 2.10. The van der Waals surface area contributed by atoms with E-state index in [4.69, 9.17) is 14.3 Å². The molecule has 88 valence electrons. The fraction of sp³-hybridized carbons (Fsp3) is 0.167. The van der Waals surface area contributed by atoms with Crippen molar-refractivity contribution < 1.29 is 23.8 Å². The molecule has 0 spiro atoms. The maximum atomic E-state index is 10.8. The number of fused-ring (bicyclic) bond motifs is 1. The summed E-state index contributed by atoms with van der Waals surface area (Å²) < 4.78 is 10.3. The van der Waals surface area contributed by atoms with Crippen LogP contribution in [0.4, 0.5) is 0 Å². The number of hydrogen-bond acceptors (Lipinski definition) is 4. The molecule has 1 N–H and O–H groups in total. The maximum Gasteiger partial charge on any atom is 0.371 e. The highest BCUT2D eigenvalue weighted by Crippen LogP contribution is 2.24. The number of rotatable bonds is 4. The van der Waals surface area contributed by atoms with Crippen molar-refractivity contribution in [2.75, 3.05) is 6.61 Å². The normalized spacial score (nSPS) is 10.4. The summed E-state index contributed by atoms with van der Waals surface area (Å²) in [6.07, 6.45) is 0. The van der Waals surface area contributed by atoms with Gasteiger partial charge >= 0.3 is 5.97 Å². The van der Waals surface area contributed by atoms with Crippen molar-refractivity contribution in [2.45, 2.75) is 6.92 Å². The zero-order valence-corrected chi connectivity index (χ0v) is 9.10. The second kappa shape index (κ2) is 4.29. The zero-order valence-electron chi connectivity index (χ0n) is 9.10. The van der Waals surface area contributed by atoms with Crippen molar-refractivity contribution in [1.29, 1.82) is 0 Å². The minimum atomic E-state index is -1.12. The Balaban J connectivity index is 2.30. The minimum Gasteiger partial charge on any atom is -0.486 e. The van der Waals surface area contributed by atoms with E-state index in [1.165, 1.54) is 13.0 Å². The second-order valence-electron chi connectivity index (χ2n) is 3.61. The largest absolute Gasteiger partial charge is 0.486 e. The quantitative estimate of drug-likeness (QED) is 0.876. The molecule has 17 heavy (non-hydrogen) atoms. The summed E-state index contributed by atoms with van der Waals surface area (Å²) in [5, 5.41) is 9.39. The number of carboxylic acids is 1. The van der Waals surface area contributed by atoms with Gasteiger partial charge in [0.2, 0.25) is 5.76 Å². The summed E-state index contributed by atoms with van der Waals surface area (Å²) >= 11 is 0. The molecular weight excluding hydrogens is 224 g/mol. The lowest BCUT2D eigenvalue weighted by atomic mass is 10.2. The lowest BCUT2D eigenvalue weighted by molar-refractivity contribution is -0.118. The highest BCUT2D eigenvalue weighted by atomic mass is 16.5. The van der Waals surface area contributed by atoms with Crippen LogP contribution in [0.2, 0.25) is 0 Å². The SMILES string of the molecule is CC(=O)COc1ccc2oc(C(=O)O)cc2c1. The van der Waals surface area contributed by atoms with Crippen LogP contribution in [-0.2, 0) is 4.79 Å². The van der Waals surface area contributed by atoms with E-state index in [1.807, 2.05) is 0 Å². The monoisotopic (exact) mass is 234 g/mol.